The molecule has 0 amide bonds. The summed E-state index contributed by atoms with van der Waals surface area (Å²) in [5, 5.41) is 0.389. The Balaban J connectivity index is 2.92. The van der Waals surface area contributed by atoms with Crippen LogP contribution in [0.15, 0.2) is 16.7 Å². The van der Waals surface area contributed by atoms with E-state index in [0.717, 1.165) is 5.56 Å². The molecule has 44 valence electrons. The van der Waals surface area contributed by atoms with Crippen molar-refractivity contribution in [2.75, 3.05) is 0 Å². The Bertz CT molecular complexity index is 171. The van der Waals surface area contributed by atoms with Crippen molar-refractivity contribution in [2.24, 2.45) is 0 Å². The Morgan fingerprint density at radius 2 is 2.38 bits per heavy atom. The van der Waals surface area contributed by atoms with Gasteiger partial charge in [-0.1, -0.05) is 0 Å². The van der Waals surface area contributed by atoms with E-state index in [1.165, 1.54) is 6.26 Å². The monoisotopic (exact) mass is 150 g/mol. The molecule has 0 N–H and O–H groups in total. The molecule has 0 aromatic carbocycles. The molecule has 1 aromatic rings. The molecule has 0 radical (unpaired) electrons. The maximum atomic E-state index is 5.49. The van der Waals surface area contributed by atoms with Gasteiger partial charge in [-0.05, 0) is 17.7 Å². The number of halogens is 2. The van der Waals surface area contributed by atoms with Crippen molar-refractivity contribution in [3.8, 4) is 0 Å². The van der Waals surface area contributed by atoms with Crippen molar-refractivity contribution in [1.29, 1.82) is 0 Å². The first-order valence-electron chi connectivity index (χ1n) is 2.12. The van der Waals surface area contributed by atoms with Crippen LogP contribution in [0.1, 0.15) is 5.56 Å². The van der Waals surface area contributed by atoms with E-state index in [2.05, 4.69) is 0 Å². The smallest absolute Gasteiger partial charge is 0.197 e. The lowest BCUT2D eigenvalue weighted by atomic mass is 10.4. The first-order valence-corrected chi connectivity index (χ1v) is 3.03. The third kappa shape index (κ3) is 0.984. The summed E-state index contributed by atoms with van der Waals surface area (Å²) in [7, 11) is 0. The minimum absolute atomic E-state index is 0.389. The molecule has 1 rings (SSSR count). The second-order valence-electron chi connectivity index (χ2n) is 1.35. The fourth-order valence-electron chi connectivity index (χ4n) is 0.414. The Morgan fingerprint density at radius 3 is 2.62 bits per heavy atom. The predicted octanol–water partition coefficient (Wildman–Crippen LogP) is 2.67. The normalized spacial score (nSPS) is 9.75. The Kier molecular flexibility index (Phi) is 1.81. The summed E-state index contributed by atoms with van der Waals surface area (Å²) >= 11 is 10.9. The highest BCUT2D eigenvalue weighted by molar-refractivity contribution is 6.30. The van der Waals surface area contributed by atoms with Crippen LogP contribution >= 0.6 is 23.2 Å². The number of rotatable bonds is 1. The van der Waals surface area contributed by atoms with Crippen molar-refractivity contribution in [3.05, 3.63) is 23.1 Å². The van der Waals surface area contributed by atoms with E-state index in [-0.39, 0.29) is 0 Å². The lowest BCUT2D eigenvalue weighted by Gasteiger charge is -1.82. The largest absolute Gasteiger partial charge is 0.453 e. The van der Waals surface area contributed by atoms with Gasteiger partial charge in [0.05, 0.1) is 12.1 Å². The van der Waals surface area contributed by atoms with Gasteiger partial charge < -0.3 is 4.42 Å². The van der Waals surface area contributed by atoms with Crippen molar-refractivity contribution in [1.82, 2.24) is 0 Å². The van der Waals surface area contributed by atoms with Gasteiger partial charge in [0, 0.05) is 5.56 Å². The zero-order chi connectivity index (χ0) is 5.98. The molecule has 1 nitrogen and oxygen atoms in total. The highest BCUT2D eigenvalue weighted by Gasteiger charge is 1.98. The molecule has 1 aromatic heterocycles. The number of hydrogen-bond acceptors (Lipinski definition) is 1. The molecular weight excluding hydrogens is 147 g/mol. The first kappa shape index (κ1) is 5.99. The van der Waals surface area contributed by atoms with Crippen LogP contribution in [0.4, 0.5) is 0 Å². The van der Waals surface area contributed by atoms with Gasteiger partial charge in [-0.2, -0.15) is 0 Å². The maximum absolute atomic E-state index is 5.49. The van der Waals surface area contributed by atoms with E-state index in [1.54, 1.807) is 6.07 Å². The van der Waals surface area contributed by atoms with Crippen molar-refractivity contribution < 1.29 is 4.42 Å². The summed E-state index contributed by atoms with van der Waals surface area (Å²) in [4.78, 5) is 0. The van der Waals surface area contributed by atoms with Crippen LogP contribution in [0.2, 0.25) is 5.22 Å². The molecule has 0 aliphatic rings. The van der Waals surface area contributed by atoms with Crippen LogP contribution in [-0.2, 0) is 5.88 Å². The molecule has 0 bridgehead atoms. The van der Waals surface area contributed by atoms with Crippen LogP contribution in [-0.4, -0.2) is 0 Å². The third-order valence-corrected chi connectivity index (χ3v) is 1.46. The molecule has 0 unspecified atom stereocenters. The second-order valence-corrected chi connectivity index (χ2v) is 1.96. The van der Waals surface area contributed by atoms with Gasteiger partial charge in [-0.3, -0.25) is 0 Å². The molecule has 0 fully saturated rings. The van der Waals surface area contributed by atoms with Gasteiger partial charge in [0.25, 0.3) is 0 Å². The summed E-state index contributed by atoms with van der Waals surface area (Å²) < 4.78 is 4.74. The molecule has 0 aliphatic carbocycles. The quantitative estimate of drug-likeness (QED) is 0.562. The summed E-state index contributed by atoms with van der Waals surface area (Å²) in [6, 6.07) is 1.75. The third-order valence-electron chi connectivity index (χ3n) is 0.837. The molecule has 1 heterocycles. The standard InChI is InChI=1S/C5H4Cl2O/c6-3-4-1-2-8-5(4)7/h1-2H,3H2. The minimum atomic E-state index is 0.389. The van der Waals surface area contributed by atoms with Crippen molar-refractivity contribution in [2.45, 2.75) is 5.88 Å². The Morgan fingerprint density at radius 1 is 1.62 bits per heavy atom. The number of hydrogen-bond donors (Lipinski definition) is 0. The van der Waals surface area contributed by atoms with Gasteiger partial charge in [0.1, 0.15) is 0 Å². The molecule has 0 aliphatic heterocycles. The van der Waals surface area contributed by atoms with Crippen LogP contribution < -0.4 is 0 Å². The van der Waals surface area contributed by atoms with Crippen LogP contribution in [0.3, 0.4) is 0 Å². The second kappa shape index (κ2) is 2.42. The number of furan rings is 1. The molecule has 8 heavy (non-hydrogen) atoms. The molecule has 0 saturated carbocycles. The van der Waals surface area contributed by atoms with E-state index < -0.39 is 0 Å². The molecule has 3 heteroatoms. The van der Waals surface area contributed by atoms with Gasteiger partial charge in [0.2, 0.25) is 0 Å². The fourth-order valence-corrected chi connectivity index (χ4v) is 0.874. The van der Waals surface area contributed by atoms with E-state index in [1.807, 2.05) is 0 Å². The summed E-state index contributed by atoms with van der Waals surface area (Å²) in [6.07, 6.45) is 1.51. The molecule has 0 saturated heterocycles. The van der Waals surface area contributed by atoms with Gasteiger partial charge in [0.15, 0.2) is 5.22 Å². The lowest BCUT2D eigenvalue weighted by molar-refractivity contribution is 0.567. The highest BCUT2D eigenvalue weighted by Crippen LogP contribution is 2.17. The van der Waals surface area contributed by atoms with Crippen molar-refractivity contribution in [3.63, 3.8) is 0 Å². The van der Waals surface area contributed by atoms with Crippen LogP contribution in [0.5, 0.6) is 0 Å². The SMILES string of the molecule is ClCc1ccoc1Cl. The average molecular weight is 151 g/mol. The van der Waals surface area contributed by atoms with Gasteiger partial charge in [-0.25, -0.2) is 0 Å². The zero-order valence-corrected chi connectivity index (χ0v) is 5.54. The van der Waals surface area contributed by atoms with E-state index in [0.29, 0.717) is 11.1 Å². The minimum Gasteiger partial charge on any atom is -0.453 e. The summed E-state index contributed by atoms with van der Waals surface area (Å²) in [5.74, 6) is 0.412. The van der Waals surface area contributed by atoms with E-state index >= 15 is 0 Å². The topological polar surface area (TPSA) is 13.1 Å². The fraction of sp³-hybridized carbons (Fsp3) is 0.200. The lowest BCUT2D eigenvalue weighted by Crippen LogP contribution is -1.67. The van der Waals surface area contributed by atoms with E-state index in [4.69, 9.17) is 27.6 Å². The number of alkyl halides is 1. The highest BCUT2D eigenvalue weighted by atomic mass is 35.5. The summed E-state index contributed by atoms with van der Waals surface area (Å²) in [6.45, 7) is 0. The molecular formula is C5H4Cl2O. The Labute approximate surface area is 57.2 Å². The Hall–Kier alpha value is -0.140. The van der Waals surface area contributed by atoms with Gasteiger partial charge in [-0.15, -0.1) is 11.6 Å². The predicted molar refractivity (Wildman–Crippen MR) is 33.3 cm³/mol. The maximum Gasteiger partial charge on any atom is 0.197 e. The van der Waals surface area contributed by atoms with Crippen molar-refractivity contribution >= 4 is 23.2 Å². The first-order chi connectivity index (χ1) is 3.84. The van der Waals surface area contributed by atoms with E-state index in [9.17, 15) is 0 Å². The zero-order valence-electron chi connectivity index (χ0n) is 4.03. The molecule has 0 atom stereocenters. The van der Waals surface area contributed by atoms with Gasteiger partial charge >= 0.3 is 0 Å². The van der Waals surface area contributed by atoms with Crippen LogP contribution in [0, 0.1) is 0 Å². The van der Waals surface area contributed by atoms with Crippen LogP contribution in [0.25, 0.3) is 0 Å². The summed E-state index contributed by atoms with van der Waals surface area (Å²) in [5.41, 5.74) is 0.841. The molecule has 0 spiro atoms. The average Bonchev–Trinajstić information content (AvgIpc) is 2.14.